The maximum Gasteiger partial charge on any atom is 0.223 e. The van der Waals surface area contributed by atoms with E-state index in [-0.39, 0.29) is 11.8 Å². The Hall–Kier alpha value is -1.69. The molecule has 5 nitrogen and oxygen atoms in total. The van der Waals surface area contributed by atoms with Gasteiger partial charge in [-0.3, -0.25) is 9.69 Å². The molecule has 1 N–H and O–H groups in total. The number of rotatable bonds is 5. The van der Waals surface area contributed by atoms with E-state index in [2.05, 4.69) is 20.1 Å². The van der Waals surface area contributed by atoms with Crippen LogP contribution in [0.1, 0.15) is 25.7 Å². The number of nitrogens with zero attached hydrogens (tertiary/aromatic N) is 3. The van der Waals surface area contributed by atoms with E-state index < -0.39 is 5.95 Å². The van der Waals surface area contributed by atoms with Crippen molar-refractivity contribution in [3.05, 3.63) is 24.1 Å². The van der Waals surface area contributed by atoms with E-state index >= 15 is 0 Å². The largest absolute Gasteiger partial charge is 0.355 e. The highest BCUT2D eigenvalue weighted by molar-refractivity contribution is 5.78. The Morgan fingerprint density at radius 1 is 1.22 bits per heavy atom. The van der Waals surface area contributed by atoms with Gasteiger partial charge in [-0.2, -0.15) is 4.39 Å². The van der Waals surface area contributed by atoms with Crippen LogP contribution in [0, 0.1) is 11.9 Å². The Morgan fingerprint density at radius 3 is 2.65 bits per heavy atom. The summed E-state index contributed by atoms with van der Waals surface area (Å²) in [5.41, 5.74) is 0. The Morgan fingerprint density at radius 2 is 1.96 bits per heavy atom. The van der Waals surface area contributed by atoms with E-state index in [1.165, 1.54) is 18.9 Å². The lowest BCUT2D eigenvalue weighted by atomic mass is 10.1. The zero-order chi connectivity index (χ0) is 16.1. The van der Waals surface area contributed by atoms with Crippen LogP contribution in [-0.4, -0.2) is 55.1 Å². The van der Waals surface area contributed by atoms with Gasteiger partial charge in [-0.1, -0.05) is 18.9 Å². The molecule has 1 aromatic heterocycles. The predicted octanol–water partition coefficient (Wildman–Crippen LogP) is 1.65. The molecule has 2 heterocycles. The summed E-state index contributed by atoms with van der Waals surface area (Å²) in [6.45, 7) is 5.10. The molecule has 0 radical (unpaired) electrons. The van der Waals surface area contributed by atoms with Gasteiger partial charge in [0.1, 0.15) is 5.82 Å². The van der Waals surface area contributed by atoms with Gasteiger partial charge in [0.2, 0.25) is 11.9 Å². The van der Waals surface area contributed by atoms with E-state index in [4.69, 9.17) is 0 Å². The van der Waals surface area contributed by atoms with Crippen LogP contribution < -0.4 is 10.2 Å². The molecule has 0 aromatic carbocycles. The molecule has 3 rings (SSSR count). The number of pyridine rings is 1. The number of amides is 1. The van der Waals surface area contributed by atoms with E-state index in [1.807, 2.05) is 6.07 Å². The minimum absolute atomic E-state index is 0.227. The summed E-state index contributed by atoms with van der Waals surface area (Å²) in [6, 6.07) is 4.91. The Kier molecular flexibility index (Phi) is 5.43. The van der Waals surface area contributed by atoms with Gasteiger partial charge >= 0.3 is 0 Å². The summed E-state index contributed by atoms with van der Waals surface area (Å²) in [5.74, 6) is 0.745. The molecule has 1 aliphatic heterocycles. The van der Waals surface area contributed by atoms with Gasteiger partial charge in [-0.05, 0) is 25.0 Å². The van der Waals surface area contributed by atoms with Gasteiger partial charge < -0.3 is 10.2 Å². The van der Waals surface area contributed by atoms with Gasteiger partial charge in [-0.15, -0.1) is 0 Å². The van der Waals surface area contributed by atoms with E-state index in [0.717, 1.165) is 45.6 Å². The zero-order valence-electron chi connectivity index (χ0n) is 13.5. The summed E-state index contributed by atoms with van der Waals surface area (Å²) in [7, 11) is 0. The highest BCUT2D eigenvalue weighted by atomic mass is 19.1. The number of anilines is 1. The van der Waals surface area contributed by atoms with Crippen LogP contribution in [0.15, 0.2) is 18.2 Å². The van der Waals surface area contributed by atoms with Crippen LogP contribution in [0.25, 0.3) is 0 Å². The van der Waals surface area contributed by atoms with Crippen LogP contribution in [0.3, 0.4) is 0 Å². The second-order valence-corrected chi connectivity index (χ2v) is 6.42. The van der Waals surface area contributed by atoms with Crippen molar-refractivity contribution in [2.75, 3.05) is 44.2 Å². The number of hydrogen-bond donors (Lipinski definition) is 1. The highest BCUT2D eigenvalue weighted by Gasteiger charge is 2.23. The average Bonchev–Trinajstić information content (AvgIpc) is 3.10. The molecule has 1 aromatic rings. The fourth-order valence-electron chi connectivity index (χ4n) is 3.44. The quantitative estimate of drug-likeness (QED) is 0.838. The molecular formula is C17H25FN4O. The highest BCUT2D eigenvalue weighted by Crippen LogP contribution is 2.24. The molecule has 23 heavy (non-hydrogen) atoms. The standard InChI is InChI=1S/C17H25FN4O/c18-15-6-3-7-16(20-15)22-12-10-21(11-13-22)9-8-19-17(23)14-4-1-2-5-14/h3,6-7,14H,1-2,4-5,8-13H2,(H,19,23). The minimum atomic E-state index is -0.431. The fourth-order valence-corrected chi connectivity index (χ4v) is 3.44. The van der Waals surface area contributed by atoms with Gasteiger partial charge in [0.15, 0.2) is 0 Å². The number of carbonyl (C=O) groups is 1. The molecule has 126 valence electrons. The number of piperazine rings is 1. The molecule has 1 saturated heterocycles. The lowest BCUT2D eigenvalue weighted by Crippen LogP contribution is -2.49. The van der Waals surface area contributed by atoms with Crippen molar-refractivity contribution in [1.82, 2.24) is 15.2 Å². The summed E-state index contributed by atoms with van der Waals surface area (Å²) < 4.78 is 13.2. The molecule has 0 atom stereocenters. The van der Waals surface area contributed by atoms with Crippen molar-refractivity contribution in [2.45, 2.75) is 25.7 Å². The molecule has 2 fully saturated rings. The van der Waals surface area contributed by atoms with Crippen LogP contribution in [0.2, 0.25) is 0 Å². The number of nitrogens with one attached hydrogen (secondary N) is 1. The summed E-state index contributed by atoms with van der Waals surface area (Å²) in [6.07, 6.45) is 4.47. The molecule has 0 bridgehead atoms. The number of hydrogen-bond acceptors (Lipinski definition) is 4. The van der Waals surface area contributed by atoms with Crippen LogP contribution in [0.5, 0.6) is 0 Å². The topological polar surface area (TPSA) is 48.5 Å². The molecular weight excluding hydrogens is 295 g/mol. The van der Waals surface area contributed by atoms with Gasteiger partial charge in [0.25, 0.3) is 0 Å². The van der Waals surface area contributed by atoms with Crippen LogP contribution in [0.4, 0.5) is 10.2 Å². The summed E-state index contributed by atoms with van der Waals surface area (Å²) in [4.78, 5) is 20.4. The van der Waals surface area contributed by atoms with Crippen LogP contribution in [-0.2, 0) is 4.79 Å². The monoisotopic (exact) mass is 320 g/mol. The smallest absolute Gasteiger partial charge is 0.223 e. The minimum Gasteiger partial charge on any atom is -0.355 e. The molecule has 0 unspecified atom stereocenters. The van der Waals surface area contributed by atoms with Gasteiger partial charge in [0.05, 0.1) is 0 Å². The lowest BCUT2D eigenvalue weighted by Gasteiger charge is -2.35. The zero-order valence-corrected chi connectivity index (χ0v) is 13.5. The molecule has 2 aliphatic rings. The third kappa shape index (κ3) is 4.41. The lowest BCUT2D eigenvalue weighted by molar-refractivity contribution is -0.124. The van der Waals surface area contributed by atoms with Gasteiger partial charge in [0, 0.05) is 45.2 Å². The normalized spacial score (nSPS) is 20.0. The Bertz CT molecular complexity index is 525. The maximum absolute atomic E-state index is 13.2. The summed E-state index contributed by atoms with van der Waals surface area (Å²) in [5, 5.41) is 3.07. The molecule has 0 spiro atoms. The molecule has 1 saturated carbocycles. The van der Waals surface area contributed by atoms with Gasteiger partial charge in [-0.25, -0.2) is 4.98 Å². The average molecular weight is 320 g/mol. The van der Waals surface area contributed by atoms with Crippen molar-refractivity contribution in [1.29, 1.82) is 0 Å². The first-order chi connectivity index (χ1) is 11.2. The van der Waals surface area contributed by atoms with E-state index in [9.17, 15) is 9.18 Å². The van der Waals surface area contributed by atoms with Crippen molar-refractivity contribution in [3.63, 3.8) is 0 Å². The molecule has 1 amide bonds. The number of halogens is 1. The first kappa shape index (κ1) is 16.2. The number of carbonyl (C=O) groups excluding carboxylic acids is 1. The molecule has 1 aliphatic carbocycles. The number of aromatic nitrogens is 1. The first-order valence-corrected chi connectivity index (χ1v) is 8.60. The molecule has 6 heteroatoms. The second kappa shape index (κ2) is 7.73. The van der Waals surface area contributed by atoms with Crippen LogP contribution >= 0.6 is 0 Å². The second-order valence-electron chi connectivity index (χ2n) is 6.42. The SMILES string of the molecule is O=C(NCCN1CCN(c2cccc(F)n2)CC1)C1CCCC1. The van der Waals surface area contributed by atoms with E-state index in [1.54, 1.807) is 6.07 Å². The van der Waals surface area contributed by atoms with Crippen molar-refractivity contribution >= 4 is 11.7 Å². The van der Waals surface area contributed by atoms with Crippen molar-refractivity contribution < 1.29 is 9.18 Å². The maximum atomic E-state index is 13.2. The third-order valence-corrected chi connectivity index (χ3v) is 4.85. The fraction of sp³-hybridized carbons (Fsp3) is 0.647. The third-order valence-electron chi connectivity index (χ3n) is 4.85. The first-order valence-electron chi connectivity index (χ1n) is 8.60. The van der Waals surface area contributed by atoms with E-state index in [0.29, 0.717) is 12.4 Å². The Labute approximate surface area is 136 Å². The Balaban J connectivity index is 1.37. The van der Waals surface area contributed by atoms with Crippen molar-refractivity contribution in [3.8, 4) is 0 Å². The summed E-state index contributed by atoms with van der Waals surface area (Å²) >= 11 is 0. The predicted molar refractivity (Wildman–Crippen MR) is 87.8 cm³/mol. The van der Waals surface area contributed by atoms with Crippen molar-refractivity contribution in [2.24, 2.45) is 5.92 Å².